The van der Waals surface area contributed by atoms with Crippen LogP contribution in [0.4, 0.5) is 0 Å². The van der Waals surface area contributed by atoms with Gasteiger partial charge in [0.1, 0.15) is 0 Å². The molecule has 0 radical (unpaired) electrons. The van der Waals surface area contributed by atoms with Crippen LogP contribution < -0.4 is 11.1 Å². The molecule has 1 heterocycles. The zero-order chi connectivity index (χ0) is 17.5. The molecule has 0 atom stereocenters. The second-order valence-electron chi connectivity index (χ2n) is 7.36. The number of piperazine rings is 1. The molecule has 1 aromatic rings. The molecule has 1 saturated heterocycles. The van der Waals surface area contributed by atoms with Crippen molar-refractivity contribution in [3.8, 4) is 0 Å². The Morgan fingerprint density at radius 3 is 2.38 bits per heavy atom. The minimum atomic E-state index is 0. The van der Waals surface area contributed by atoms with Crippen LogP contribution in [-0.4, -0.2) is 55.0 Å². The van der Waals surface area contributed by atoms with E-state index in [4.69, 9.17) is 5.73 Å². The van der Waals surface area contributed by atoms with Gasteiger partial charge in [-0.2, -0.15) is 0 Å². The molecule has 0 bridgehead atoms. The number of nitrogens with two attached hydrogens (primary N) is 1. The van der Waals surface area contributed by atoms with Crippen molar-refractivity contribution in [1.82, 2.24) is 15.1 Å². The largest absolute Gasteiger partial charge is 0.370 e. The summed E-state index contributed by atoms with van der Waals surface area (Å²) in [5.41, 5.74) is 8.70. The summed E-state index contributed by atoms with van der Waals surface area (Å²) in [5.74, 6) is 1.38. The van der Waals surface area contributed by atoms with Crippen molar-refractivity contribution < 1.29 is 0 Å². The Morgan fingerprint density at radius 1 is 1.12 bits per heavy atom. The zero-order valence-corrected chi connectivity index (χ0v) is 18.3. The van der Waals surface area contributed by atoms with Crippen LogP contribution in [0.3, 0.4) is 0 Å². The minimum absolute atomic E-state index is 0. The van der Waals surface area contributed by atoms with Crippen molar-refractivity contribution in [2.24, 2.45) is 16.6 Å². The van der Waals surface area contributed by atoms with Crippen LogP contribution in [0.2, 0.25) is 0 Å². The lowest BCUT2D eigenvalue weighted by atomic mass is 9.85. The molecule has 2 aliphatic rings. The summed E-state index contributed by atoms with van der Waals surface area (Å²) >= 11 is 0. The molecule has 5 nitrogen and oxygen atoms in total. The van der Waals surface area contributed by atoms with E-state index in [2.05, 4.69) is 51.3 Å². The number of benzene rings is 1. The first-order chi connectivity index (χ1) is 12.2. The van der Waals surface area contributed by atoms with E-state index in [9.17, 15) is 0 Å². The van der Waals surface area contributed by atoms with E-state index in [1.807, 2.05) is 0 Å². The van der Waals surface area contributed by atoms with E-state index in [0.717, 1.165) is 38.6 Å². The Balaban J connectivity index is 0.00000243. The van der Waals surface area contributed by atoms with Gasteiger partial charge in [-0.25, -0.2) is 4.99 Å². The first kappa shape index (κ1) is 21.4. The number of aliphatic imine (C=N–C) groups is 1. The molecule has 1 aliphatic heterocycles. The molecule has 0 aromatic heterocycles. The van der Waals surface area contributed by atoms with E-state index >= 15 is 0 Å². The smallest absolute Gasteiger partial charge is 0.188 e. The number of nitrogens with one attached hydrogen (secondary N) is 1. The van der Waals surface area contributed by atoms with Crippen LogP contribution in [0.5, 0.6) is 0 Å². The molecule has 1 saturated carbocycles. The lowest BCUT2D eigenvalue weighted by Crippen LogP contribution is -2.45. The average Bonchev–Trinajstić information content (AvgIpc) is 2.60. The lowest BCUT2D eigenvalue weighted by Gasteiger charge is -2.34. The Kier molecular flexibility index (Phi) is 9.15. The number of rotatable bonds is 7. The maximum atomic E-state index is 6.04. The van der Waals surface area contributed by atoms with Gasteiger partial charge in [0.15, 0.2) is 5.96 Å². The lowest BCUT2D eigenvalue weighted by molar-refractivity contribution is 0.131. The zero-order valence-electron chi connectivity index (χ0n) is 16.0. The van der Waals surface area contributed by atoms with E-state index < -0.39 is 0 Å². The van der Waals surface area contributed by atoms with Gasteiger partial charge >= 0.3 is 0 Å². The molecular weight excluding hydrogens is 437 g/mol. The van der Waals surface area contributed by atoms with Crippen LogP contribution >= 0.6 is 24.0 Å². The molecule has 1 aliphatic carbocycles. The van der Waals surface area contributed by atoms with Crippen LogP contribution in [0.15, 0.2) is 29.3 Å². The third kappa shape index (κ3) is 6.39. The Morgan fingerprint density at radius 2 is 1.77 bits per heavy atom. The highest BCUT2D eigenvalue weighted by Gasteiger charge is 2.17. The highest BCUT2D eigenvalue weighted by Crippen LogP contribution is 2.25. The Bertz CT molecular complexity index is 565. The molecule has 3 rings (SSSR count). The molecular formula is C20H34IN5. The predicted octanol–water partition coefficient (Wildman–Crippen LogP) is 2.65. The summed E-state index contributed by atoms with van der Waals surface area (Å²) in [7, 11) is 0. The number of likely N-dealkylation sites (N-methyl/N-ethyl adjacent to an activating group) is 1. The van der Waals surface area contributed by atoms with Gasteiger partial charge in [0.05, 0.1) is 6.54 Å². The van der Waals surface area contributed by atoms with Crippen molar-refractivity contribution >= 4 is 29.9 Å². The molecule has 6 heteroatoms. The quantitative estimate of drug-likeness (QED) is 0.365. The summed E-state index contributed by atoms with van der Waals surface area (Å²) in [5, 5.41) is 3.28. The first-order valence-corrected chi connectivity index (χ1v) is 9.80. The van der Waals surface area contributed by atoms with Crippen LogP contribution in [0, 0.1) is 5.92 Å². The monoisotopic (exact) mass is 471 g/mol. The van der Waals surface area contributed by atoms with Gasteiger partial charge in [-0.3, -0.25) is 4.90 Å². The van der Waals surface area contributed by atoms with E-state index in [1.54, 1.807) is 0 Å². The maximum Gasteiger partial charge on any atom is 0.188 e. The van der Waals surface area contributed by atoms with E-state index in [1.165, 1.54) is 43.5 Å². The van der Waals surface area contributed by atoms with Gasteiger partial charge in [-0.1, -0.05) is 37.6 Å². The van der Waals surface area contributed by atoms with Crippen molar-refractivity contribution in [3.05, 3.63) is 35.4 Å². The SMILES string of the molecule is CCN1CCN(Cc2ccccc2CN=C(N)NCC2CCC2)CC1.I. The van der Waals surface area contributed by atoms with Crippen LogP contribution in [0.25, 0.3) is 0 Å². The summed E-state index contributed by atoms with van der Waals surface area (Å²) < 4.78 is 0. The number of halogens is 1. The van der Waals surface area contributed by atoms with Gasteiger partial charge in [-0.05, 0) is 36.4 Å². The van der Waals surface area contributed by atoms with Crippen LogP contribution in [-0.2, 0) is 13.1 Å². The first-order valence-electron chi connectivity index (χ1n) is 9.80. The minimum Gasteiger partial charge on any atom is -0.370 e. The second-order valence-corrected chi connectivity index (χ2v) is 7.36. The van der Waals surface area contributed by atoms with Crippen LogP contribution in [0.1, 0.15) is 37.3 Å². The van der Waals surface area contributed by atoms with E-state index in [-0.39, 0.29) is 24.0 Å². The van der Waals surface area contributed by atoms with Gasteiger partial charge in [0.2, 0.25) is 0 Å². The fraction of sp³-hybridized carbons (Fsp3) is 0.650. The molecule has 1 aromatic carbocycles. The van der Waals surface area contributed by atoms with Crippen molar-refractivity contribution in [2.75, 3.05) is 39.3 Å². The van der Waals surface area contributed by atoms with E-state index in [0.29, 0.717) is 12.5 Å². The number of hydrogen-bond acceptors (Lipinski definition) is 3. The highest BCUT2D eigenvalue weighted by molar-refractivity contribution is 14.0. The molecule has 26 heavy (non-hydrogen) atoms. The number of nitrogens with zero attached hydrogens (tertiary/aromatic N) is 3. The Hall–Kier alpha value is -0.860. The summed E-state index contributed by atoms with van der Waals surface area (Å²) in [4.78, 5) is 9.62. The standard InChI is InChI=1S/C20H33N5.HI/c1-2-24-10-12-25(13-11-24)16-19-9-4-3-8-18(19)15-23-20(21)22-14-17-6-5-7-17;/h3-4,8-9,17H,2,5-7,10-16H2,1H3,(H3,21,22,23);1H. The molecule has 146 valence electrons. The maximum absolute atomic E-state index is 6.04. The van der Waals surface area contributed by atoms with Gasteiger partial charge in [0, 0.05) is 39.3 Å². The van der Waals surface area contributed by atoms with Gasteiger partial charge < -0.3 is 16.0 Å². The normalized spacial score (nSPS) is 19.7. The molecule has 3 N–H and O–H groups in total. The van der Waals surface area contributed by atoms with Crippen molar-refractivity contribution in [1.29, 1.82) is 0 Å². The molecule has 0 spiro atoms. The fourth-order valence-corrected chi connectivity index (χ4v) is 3.54. The fourth-order valence-electron chi connectivity index (χ4n) is 3.54. The summed E-state index contributed by atoms with van der Waals surface area (Å²) in [6.45, 7) is 10.7. The average molecular weight is 471 g/mol. The van der Waals surface area contributed by atoms with Crippen molar-refractivity contribution in [3.63, 3.8) is 0 Å². The number of hydrogen-bond donors (Lipinski definition) is 2. The second kappa shape index (κ2) is 11.1. The third-order valence-corrected chi connectivity index (χ3v) is 5.64. The summed E-state index contributed by atoms with van der Waals surface area (Å²) in [6.07, 6.45) is 4.02. The third-order valence-electron chi connectivity index (χ3n) is 5.64. The molecule has 2 fully saturated rings. The number of guanidine groups is 1. The highest BCUT2D eigenvalue weighted by atomic mass is 127. The van der Waals surface area contributed by atoms with Crippen molar-refractivity contribution in [2.45, 2.75) is 39.3 Å². The Labute approximate surface area is 175 Å². The van der Waals surface area contributed by atoms with Gasteiger partial charge in [-0.15, -0.1) is 24.0 Å². The topological polar surface area (TPSA) is 56.9 Å². The molecule has 0 unspecified atom stereocenters. The predicted molar refractivity (Wildman–Crippen MR) is 120 cm³/mol. The summed E-state index contributed by atoms with van der Waals surface area (Å²) in [6, 6.07) is 8.64. The van der Waals surface area contributed by atoms with Gasteiger partial charge in [0.25, 0.3) is 0 Å². The molecule has 0 amide bonds.